The molecule has 1 spiro atoms. The first-order valence-electron chi connectivity index (χ1n) is 6.80. The lowest BCUT2D eigenvalue weighted by molar-refractivity contribution is 0.0522. The van der Waals surface area contributed by atoms with E-state index in [0.29, 0.717) is 6.61 Å². The van der Waals surface area contributed by atoms with Gasteiger partial charge in [-0.25, -0.2) is 4.79 Å². The number of fused-ring (bicyclic) bond motifs is 1. The number of thioether (sulfide) groups is 1. The summed E-state index contributed by atoms with van der Waals surface area (Å²) in [7, 11) is 0. The molecule has 0 amide bonds. The molecule has 0 unspecified atom stereocenters. The molecular formula is C15H18O3S. The predicted octanol–water partition coefficient (Wildman–Crippen LogP) is 3.06. The van der Waals surface area contributed by atoms with Crippen LogP contribution in [0, 0.1) is 0 Å². The van der Waals surface area contributed by atoms with Gasteiger partial charge in [0.05, 0.1) is 12.2 Å². The van der Waals surface area contributed by atoms with Crippen molar-refractivity contribution in [3.05, 3.63) is 29.3 Å². The fourth-order valence-corrected chi connectivity index (χ4v) is 4.40. The number of esters is 1. The molecule has 0 radical (unpaired) electrons. The number of carbonyl (C=O) groups is 1. The smallest absolute Gasteiger partial charge is 0.339 e. The summed E-state index contributed by atoms with van der Waals surface area (Å²) in [6.07, 6.45) is 3.17. The highest BCUT2D eigenvalue weighted by atomic mass is 32.2. The first-order chi connectivity index (χ1) is 9.24. The molecule has 3 rings (SSSR count). The molecule has 1 aromatic rings. The average Bonchev–Trinajstić information content (AvgIpc) is 2.76. The Bertz CT molecular complexity index is 492. The Morgan fingerprint density at radius 1 is 1.42 bits per heavy atom. The van der Waals surface area contributed by atoms with Gasteiger partial charge in [-0.1, -0.05) is 12.1 Å². The van der Waals surface area contributed by atoms with Gasteiger partial charge in [0.15, 0.2) is 0 Å². The summed E-state index contributed by atoms with van der Waals surface area (Å²) in [4.78, 5) is 13.1. The van der Waals surface area contributed by atoms with Crippen LogP contribution in [0.1, 0.15) is 35.7 Å². The predicted molar refractivity (Wildman–Crippen MR) is 74.7 cm³/mol. The normalized spacial score (nSPS) is 20.3. The fourth-order valence-electron chi connectivity index (χ4n) is 2.84. The zero-order valence-corrected chi connectivity index (χ0v) is 11.9. The summed E-state index contributed by atoms with van der Waals surface area (Å²) in [5, 5.41) is 0. The number of hydrogen-bond acceptors (Lipinski definition) is 4. The van der Waals surface area contributed by atoms with Gasteiger partial charge in [0.2, 0.25) is 0 Å². The van der Waals surface area contributed by atoms with Crippen molar-refractivity contribution in [1.82, 2.24) is 0 Å². The van der Waals surface area contributed by atoms with E-state index in [1.54, 1.807) is 0 Å². The van der Waals surface area contributed by atoms with Crippen LogP contribution in [0.15, 0.2) is 23.1 Å². The molecule has 0 N–H and O–H groups in total. The van der Waals surface area contributed by atoms with Crippen molar-refractivity contribution < 1.29 is 14.3 Å². The number of hydrogen-bond donors (Lipinski definition) is 0. The molecule has 0 saturated carbocycles. The molecule has 2 heterocycles. The Hall–Kier alpha value is -1.00. The van der Waals surface area contributed by atoms with Crippen LogP contribution < -0.4 is 0 Å². The minimum Gasteiger partial charge on any atom is -0.462 e. The number of benzene rings is 1. The summed E-state index contributed by atoms with van der Waals surface area (Å²) in [5.74, 6) is -0.198. The highest BCUT2D eigenvalue weighted by Gasteiger charge is 2.41. The van der Waals surface area contributed by atoms with Crippen molar-refractivity contribution in [1.29, 1.82) is 0 Å². The van der Waals surface area contributed by atoms with Crippen LogP contribution in [0.3, 0.4) is 0 Å². The first kappa shape index (κ1) is 13.0. The SMILES string of the molecule is CCOC(=O)c1cccc2c1SC1(CCOCC1)C2. The molecule has 3 nitrogen and oxygen atoms in total. The average molecular weight is 278 g/mol. The van der Waals surface area contributed by atoms with E-state index in [9.17, 15) is 4.79 Å². The van der Waals surface area contributed by atoms with Crippen molar-refractivity contribution in [2.75, 3.05) is 19.8 Å². The Kier molecular flexibility index (Phi) is 3.54. The van der Waals surface area contributed by atoms with Gasteiger partial charge in [0.25, 0.3) is 0 Å². The van der Waals surface area contributed by atoms with E-state index in [-0.39, 0.29) is 10.7 Å². The molecule has 0 aliphatic carbocycles. The Morgan fingerprint density at radius 2 is 2.21 bits per heavy atom. The Morgan fingerprint density at radius 3 is 2.95 bits per heavy atom. The summed E-state index contributed by atoms with van der Waals surface area (Å²) in [6.45, 7) is 3.92. The van der Waals surface area contributed by atoms with E-state index in [4.69, 9.17) is 9.47 Å². The second-order valence-electron chi connectivity index (χ2n) is 5.09. The maximum Gasteiger partial charge on any atom is 0.339 e. The summed E-state index contributed by atoms with van der Waals surface area (Å²) in [5.41, 5.74) is 2.02. The quantitative estimate of drug-likeness (QED) is 0.779. The van der Waals surface area contributed by atoms with Crippen molar-refractivity contribution in [3.8, 4) is 0 Å². The molecule has 1 aromatic carbocycles. The van der Waals surface area contributed by atoms with Gasteiger partial charge in [-0.3, -0.25) is 0 Å². The van der Waals surface area contributed by atoms with Crippen LogP contribution in [-0.2, 0) is 15.9 Å². The third-order valence-electron chi connectivity index (χ3n) is 3.83. The summed E-state index contributed by atoms with van der Waals surface area (Å²) in [6, 6.07) is 5.97. The van der Waals surface area contributed by atoms with Crippen LogP contribution in [0.2, 0.25) is 0 Å². The lowest BCUT2D eigenvalue weighted by atomic mass is 9.91. The largest absolute Gasteiger partial charge is 0.462 e. The third kappa shape index (κ3) is 2.39. The van der Waals surface area contributed by atoms with Crippen molar-refractivity contribution >= 4 is 17.7 Å². The topological polar surface area (TPSA) is 35.5 Å². The van der Waals surface area contributed by atoms with Gasteiger partial charge < -0.3 is 9.47 Å². The monoisotopic (exact) mass is 278 g/mol. The van der Waals surface area contributed by atoms with Gasteiger partial charge in [-0.15, -0.1) is 11.8 Å². The van der Waals surface area contributed by atoms with Crippen LogP contribution in [-0.4, -0.2) is 30.5 Å². The number of carbonyl (C=O) groups excluding carboxylic acids is 1. The van der Waals surface area contributed by atoms with E-state index in [0.717, 1.165) is 42.9 Å². The Labute approximate surface area is 117 Å². The molecule has 2 aliphatic rings. The minimum absolute atomic E-state index is 0.198. The molecule has 4 heteroatoms. The molecule has 102 valence electrons. The number of rotatable bonds is 2. The van der Waals surface area contributed by atoms with E-state index < -0.39 is 0 Å². The second-order valence-corrected chi connectivity index (χ2v) is 6.57. The molecule has 1 saturated heterocycles. The van der Waals surface area contributed by atoms with Gasteiger partial charge in [0, 0.05) is 22.9 Å². The highest BCUT2D eigenvalue weighted by molar-refractivity contribution is 8.01. The second kappa shape index (κ2) is 5.17. The van der Waals surface area contributed by atoms with E-state index >= 15 is 0 Å². The maximum atomic E-state index is 12.0. The van der Waals surface area contributed by atoms with Crippen LogP contribution >= 0.6 is 11.8 Å². The molecule has 0 bridgehead atoms. The Balaban J connectivity index is 1.90. The zero-order chi connectivity index (χ0) is 13.3. The lowest BCUT2D eigenvalue weighted by Gasteiger charge is -2.32. The van der Waals surface area contributed by atoms with E-state index in [1.165, 1.54) is 5.56 Å². The van der Waals surface area contributed by atoms with E-state index in [1.807, 2.05) is 30.8 Å². The van der Waals surface area contributed by atoms with Gasteiger partial charge in [-0.2, -0.15) is 0 Å². The molecule has 2 aliphatic heterocycles. The van der Waals surface area contributed by atoms with Crippen molar-refractivity contribution in [2.45, 2.75) is 35.8 Å². The molecule has 19 heavy (non-hydrogen) atoms. The van der Waals surface area contributed by atoms with Gasteiger partial charge in [0.1, 0.15) is 0 Å². The molecule has 1 fully saturated rings. The first-order valence-corrected chi connectivity index (χ1v) is 7.61. The maximum absolute atomic E-state index is 12.0. The number of ether oxygens (including phenoxy) is 2. The van der Waals surface area contributed by atoms with E-state index in [2.05, 4.69) is 6.07 Å². The minimum atomic E-state index is -0.198. The summed E-state index contributed by atoms with van der Waals surface area (Å²) >= 11 is 1.86. The third-order valence-corrected chi connectivity index (χ3v) is 5.50. The van der Waals surface area contributed by atoms with Crippen molar-refractivity contribution in [2.24, 2.45) is 0 Å². The molecular weight excluding hydrogens is 260 g/mol. The zero-order valence-electron chi connectivity index (χ0n) is 11.1. The van der Waals surface area contributed by atoms with Crippen LogP contribution in [0.25, 0.3) is 0 Å². The van der Waals surface area contributed by atoms with Gasteiger partial charge >= 0.3 is 5.97 Å². The lowest BCUT2D eigenvalue weighted by Crippen LogP contribution is -2.32. The molecule has 0 aromatic heterocycles. The van der Waals surface area contributed by atoms with Crippen molar-refractivity contribution in [3.63, 3.8) is 0 Å². The van der Waals surface area contributed by atoms with Gasteiger partial charge in [-0.05, 0) is 37.8 Å². The highest BCUT2D eigenvalue weighted by Crippen LogP contribution is 2.51. The molecule has 0 atom stereocenters. The summed E-state index contributed by atoms with van der Waals surface area (Å²) < 4.78 is 10.9. The van der Waals surface area contributed by atoms with Crippen LogP contribution in [0.5, 0.6) is 0 Å². The standard InChI is InChI=1S/C15H18O3S/c1-2-18-14(16)12-5-3-4-11-10-15(19-13(11)12)6-8-17-9-7-15/h3-5H,2,6-10H2,1H3. The fraction of sp³-hybridized carbons (Fsp3) is 0.533. The van der Waals surface area contributed by atoms with Crippen LogP contribution in [0.4, 0.5) is 0 Å².